The second kappa shape index (κ2) is 10.2. The quantitative estimate of drug-likeness (QED) is 0.315. The molecule has 0 aliphatic carbocycles. The summed E-state index contributed by atoms with van der Waals surface area (Å²) < 4.78 is 4.88. The molecule has 0 aliphatic rings. The molecule has 25 heavy (non-hydrogen) atoms. The van der Waals surface area contributed by atoms with Crippen molar-refractivity contribution in [3.63, 3.8) is 0 Å². The lowest BCUT2D eigenvalue weighted by Crippen LogP contribution is -2.36. The Balaban J connectivity index is 2.92. The maximum atomic E-state index is 12.3. The predicted octanol–water partition coefficient (Wildman–Crippen LogP) is 2.03. The zero-order chi connectivity index (χ0) is 18.8. The van der Waals surface area contributed by atoms with Crippen LogP contribution in [0.5, 0.6) is 0 Å². The maximum Gasteiger partial charge on any atom is 0.305 e. The van der Waals surface area contributed by atoms with E-state index >= 15 is 0 Å². The molecule has 138 valence electrons. The van der Waals surface area contributed by atoms with Crippen molar-refractivity contribution >= 4 is 23.3 Å². The summed E-state index contributed by atoms with van der Waals surface area (Å²) in [4.78, 5) is 33.8. The molecule has 0 spiro atoms. The number of carboxylic acid groups (broad SMARTS) is 1. The molecule has 0 fully saturated rings. The van der Waals surface area contributed by atoms with Crippen LogP contribution in [0.1, 0.15) is 36.5 Å². The minimum Gasteiger partial charge on any atom is -0.481 e. The number of carboxylic acids is 1. The Hall–Kier alpha value is -2.68. The van der Waals surface area contributed by atoms with Crippen LogP contribution in [-0.2, 0) is 9.53 Å². The number of carbonyl (C=O) groups is 2. The Kier molecular flexibility index (Phi) is 8.34. The molecular formula is C16H23N3O6. The van der Waals surface area contributed by atoms with E-state index in [2.05, 4.69) is 10.6 Å². The molecule has 1 aromatic rings. The molecule has 1 atom stereocenters. The normalized spacial score (nSPS) is 11.6. The van der Waals surface area contributed by atoms with E-state index in [9.17, 15) is 19.7 Å². The van der Waals surface area contributed by atoms with Crippen LogP contribution in [0.15, 0.2) is 18.2 Å². The molecule has 1 aromatic carbocycles. The Morgan fingerprint density at radius 3 is 2.68 bits per heavy atom. The molecule has 1 rings (SSSR count). The number of nitrogens with one attached hydrogen (secondary N) is 2. The number of amides is 1. The zero-order valence-electron chi connectivity index (χ0n) is 14.3. The molecule has 9 nitrogen and oxygen atoms in total. The number of benzene rings is 1. The molecule has 0 aliphatic heterocycles. The molecular weight excluding hydrogens is 330 g/mol. The summed E-state index contributed by atoms with van der Waals surface area (Å²) >= 11 is 0. The van der Waals surface area contributed by atoms with E-state index in [-0.39, 0.29) is 23.4 Å². The fraction of sp³-hybridized carbons (Fsp3) is 0.500. The van der Waals surface area contributed by atoms with Crippen molar-refractivity contribution in [1.82, 2.24) is 5.32 Å². The number of aliphatic carboxylic acids is 1. The van der Waals surface area contributed by atoms with Gasteiger partial charge in [-0.1, -0.05) is 13.3 Å². The number of rotatable bonds is 11. The van der Waals surface area contributed by atoms with Gasteiger partial charge in [0.25, 0.3) is 11.6 Å². The summed E-state index contributed by atoms with van der Waals surface area (Å²) in [5, 5.41) is 25.6. The summed E-state index contributed by atoms with van der Waals surface area (Å²) in [6.45, 7) is 2.65. The minimum atomic E-state index is -1.01. The van der Waals surface area contributed by atoms with Crippen molar-refractivity contribution in [2.75, 3.05) is 25.6 Å². The van der Waals surface area contributed by atoms with Crippen LogP contribution in [0.4, 0.5) is 11.4 Å². The largest absolute Gasteiger partial charge is 0.481 e. The van der Waals surface area contributed by atoms with Gasteiger partial charge in [-0.15, -0.1) is 0 Å². The van der Waals surface area contributed by atoms with Crippen molar-refractivity contribution in [3.8, 4) is 0 Å². The lowest BCUT2D eigenvalue weighted by molar-refractivity contribution is -0.384. The van der Waals surface area contributed by atoms with Crippen molar-refractivity contribution in [1.29, 1.82) is 0 Å². The highest BCUT2D eigenvalue weighted by Crippen LogP contribution is 2.25. The first-order valence-electron chi connectivity index (χ1n) is 7.92. The third-order valence-electron chi connectivity index (χ3n) is 3.47. The van der Waals surface area contributed by atoms with Crippen LogP contribution in [0.3, 0.4) is 0 Å². The molecule has 9 heteroatoms. The van der Waals surface area contributed by atoms with Crippen molar-refractivity contribution in [2.45, 2.75) is 32.2 Å². The third kappa shape index (κ3) is 6.76. The Morgan fingerprint density at radius 1 is 1.40 bits per heavy atom. The second-order valence-corrected chi connectivity index (χ2v) is 5.47. The molecule has 0 radical (unpaired) electrons. The number of ether oxygens (including phenoxy) is 1. The first kappa shape index (κ1) is 20.4. The lowest BCUT2D eigenvalue weighted by atomic mass is 10.1. The highest BCUT2D eigenvalue weighted by atomic mass is 16.6. The lowest BCUT2D eigenvalue weighted by Gasteiger charge is -2.16. The minimum absolute atomic E-state index is 0.107. The van der Waals surface area contributed by atoms with Gasteiger partial charge in [0, 0.05) is 31.3 Å². The zero-order valence-corrected chi connectivity index (χ0v) is 14.3. The van der Waals surface area contributed by atoms with E-state index in [0.29, 0.717) is 26.0 Å². The Morgan fingerprint density at radius 2 is 2.12 bits per heavy atom. The Labute approximate surface area is 145 Å². The van der Waals surface area contributed by atoms with Gasteiger partial charge in [0.05, 0.1) is 18.0 Å². The monoisotopic (exact) mass is 353 g/mol. The average molecular weight is 353 g/mol. The summed E-state index contributed by atoms with van der Waals surface area (Å²) in [6, 6.07) is 3.57. The van der Waals surface area contributed by atoms with Gasteiger partial charge < -0.3 is 20.5 Å². The molecule has 0 unspecified atom stereocenters. The number of methoxy groups -OCH3 is 1. The maximum absolute atomic E-state index is 12.3. The van der Waals surface area contributed by atoms with Crippen LogP contribution < -0.4 is 10.6 Å². The number of hydrogen-bond donors (Lipinski definition) is 3. The van der Waals surface area contributed by atoms with Crippen molar-refractivity contribution in [3.05, 3.63) is 33.9 Å². The van der Waals surface area contributed by atoms with E-state index in [1.54, 1.807) is 0 Å². The van der Waals surface area contributed by atoms with Gasteiger partial charge in [0.1, 0.15) is 5.69 Å². The van der Waals surface area contributed by atoms with Crippen molar-refractivity contribution in [2.24, 2.45) is 0 Å². The molecule has 0 saturated carbocycles. The van der Waals surface area contributed by atoms with Crippen LogP contribution in [0.2, 0.25) is 0 Å². The number of nitro benzene ring substituents is 1. The number of hydrogen-bond acceptors (Lipinski definition) is 6. The van der Waals surface area contributed by atoms with Gasteiger partial charge in [-0.05, 0) is 18.6 Å². The van der Waals surface area contributed by atoms with Gasteiger partial charge in [-0.3, -0.25) is 19.7 Å². The number of nitrogens with zero attached hydrogens (tertiary/aromatic N) is 1. The molecule has 0 bridgehead atoms. The standard InChI is InChI=1S/C16H23N3O6/c1-3-4-12(10-15(20)21)18-16(22)11-5-6-13(17-7-8-25-2)14(9-11)19(23)24/h5-6,9,12,17H,3-4,7-8,10H2,1-2H3,(H,18,22)(H,20,21)/t12-/m1/s1. The smallest absolute Gasteiger partial charge is 0.305 e. The molecule has 1 amide bonds. The van der Waals surface area contributed by atoms with E-state index in [0.717, 1.165) is 0 Å². The van der Waals surface area contributed by atoms with E-state index in [1.165, 1.54) is 25.3 Å². The van der Waals surface area contributed by atoms with Crippen LogP contribution in [-0.4, -0.2) is 48.2 Å². The summed E-state index contributed by atoms with van der Waals surface area (Å²) in [6.07, 6.45) is 1.02. The van der Waals surface area contributed by atoms with Gasteiger partial charge in [-0.2, -0.15) is 0 Å². The highest BCUT2D eigenvalue weighted by molar-refractivity contribution is 5.96. The molecule has 0 aromatic heterocycles. The van der Waals surface area contributed by atoms with Gasteiger partial charge in [-0.25, -0.2) is 0 Å². The third-order valence-corrected chi connectivity index (χ3v) is 3.47. The first-order valence-corrected chi connectivity index (χ1v) is 7.92. The molecule has 3 N–H and O–H groups in total. The number of anilines is 1. The average Bonchev–Trinajstić information content (AvgIpc) is 2.54. The number of nitro groups is 1. The fourth-order valence-corrected chi connectivity index (χ4v) is 2.31. The topological polar surface area (TPSA) is 131 Å². The van der Waals surface area contributed by atoms with Crippen molar-refractivity contribution < 1.29 is 24.4 Å². The predicted molar refractivity (Wildman–Crippen MR) is 91.9 cm³/mol. The molecule has 0 heterocycles. The van der Waals surface area contributed by atoms with E-state index in [1.807, 2.05) is 6.92 Å². The van der Waals surface area contributed by atoms with Crippen LogP contribution >= 0.6 is 0 Å². The fourth-order valence-electron chi connectivity index (χ4n) is 2.31. The van der Waals surface area contributed by atoms with E-state index in [4.69, 9.17) is 9.84 Å². The molecule has 0 saturated heterocycles. The number of carbonyl (C=O) groups excluding carboxylic acids is 1. The van der Waals surface area contributed by atoms with Gasteiger partial charge in [0.15, 0.2) is 0 Å². The second-order valence-electron chi connectivity index (χ2n) is 5.47. The SMILES string of the molecule is CCC[C@H](CC(=O)O)NC(=O)c1ccc(NCCOC)c([N+](=O)[O-])c1. The van der Waals surface area contributed by atoms with Gasteiger partial charge >= 0.3 is 5.97 Å². The summed E-state index contributed by atoms with van der Waals surface area (Å²) in [5.41, 5.74) is 0.166. The van der Waals surface area contributed by atoms with Crippen LogP contribution in [0, 0.1) is 10.1 Å². The highest BCUT2D eigenvalue weighted by Gasteiger charge is 2.20. The summed E-state index contributed by atoms with van der Waals surface area (Å²) in [5.74, 6) is -1.55. The van der Waals surface area contributed by atoms with E-state index < -0.39 is 22.8 Å². The van der Waals surface area contributed by atoms with Gasteiger partial charge in [0.2, 0.25) is 0 Å². The first-order chi connectivity index (χ1) is 11.9. The van der Waals surface area contributed by atoms with Crippen LogP contribution in [0.25, 0.3) is 0 Å². The summed E-state index contributed by atoms with van der Waals surface area (Å²) in [7, 11) is 1.52. The Bertz CT molecular complexity index is 620.